The molecule has 0 radical (unpaired) electrons. The largest absolute Gasteiger partial charge is 0.416 e. The molecule has 1 aromatic heterocycles. The predicted molar refractivity (Wildman–Crippen MR) is 189 cm³/mol. The van der Waals surface area contributed by atoms with Crippen molar-refractivity contribution in [2.45, 2.75) is 64.3 Å². The fourth-order valence-corrected chi connectivity index (χ4v) is 6.59. The van der Waals surface area contributed by atoms with Crippen LogP contribution in [0.5, 0.6) is 0 Å². The number of piperazine rings is 1. The van der Waals surface area contributed by atoms with Crippen LogP contribution in [-0.2, 0) is 41.7 Å². The summed E-state index contributed by atoms with van der Waals surface area (Å²) in [5.74, 6) is -0.539. The molecule has 1 saturated heterocycles. The Morgan fingerprint density at radius 3 is 2.22 bits per heavy atom. The lowest BCUT2D eigenvalue weighted by molar-refractivity contribution is -0.145. The summed E-state index contributed by atoms with van der Waals surface area (Å²) in [5, 5.41) is 1.89. The van der Waals surface area contributed by atoms with Crippen LogP contribution >= 0.6 is 11.3 Å². The standard InChI is InChI=1S/C39H43F3N4O2S/c1-2-3-5-8-30-11-13-33(14-12-30)27-46(37(47)20-17-31-15-18-34(19-16-31)39(40,41)42)36(25-35-28-49-29-43-35)38(48)45-23-21-44(22-24-45)26-32-9-6-4-7-10-32/h4,6-7,9-20,28-29,36H,2-3,5,8,21-27H2,1H3/t36-/m0/s1. The lowest BCUT2D eigenvalue weighted by atomic mass is 10.0. The van der Waals surface area contributed by atoms with Gasteiger partial charge in [0, 0.05) is 57.1 Å². The molecule has 2 amide bonds. The number of amides is 2. The molecule has 1 fully saturated rings. The summed E-state index contributed by atoms with van der Waals surface area (Å²) in [6.07, 6.45) is 3.05. The van der Waals surface area contributed by atoms with Gasteiger partial charge in [0.1, 0.15) is 6.04 Å². The topological polar surface area (TPSA) is 56.8 Å². The van der Waals surface area contributed by atoms with Crippen molar-refractivity contribution in [3.8, 4) is 0 Å². The van der Waals surface area contributed by atoms with E-state index < -0.39 is 23.7 Å². The number of thiazole rings is 1. The van der Waals surface area contributed by atoms with Gasteiger partial charge in [-0.1, -0.05) is 86.5 Å². The van der Waals surface area contributed by atoms with Crippen molar-refractivity contribution in [1.82, 2.24) is 19.7 Å². The number of nitrogens with zero attached hydrogens (tertiary/aromatic N) is 4. The highest BCUT2D eigenvalue weighted by Crippen LogP contribution is 2.29. The van der Waals surface area contributed by atoms with Gasteiger partial charge in [0.05, 0.1) is 16.8 Å². The van der Waals surface area contributed by atoms with Crippen molar-refractivity contribution in [1.29, 1.82) is 0 Å². The maximum atomic E-state index is 14.4. The Morgan fingerprint density at radius 2 is 1.59 bits per heavy atom. The van der Waals surface area contributed by atoms with E-state index in [1.54, 1.807) is 10.4 Å². The summed E-state index contributed by atoms with van der Waals surface area (Å²) in [6.45, 7) is 5.67. The lowest BCUT2D eigenvalue weighted by Gasteiger charge is -2.39. The predicted octanol–water partition coefficient (Wildman–Crippen LogP) is 7.89. The zero-order valence-corrected chi connectivity index (χ0v) is 28.6. The van der Waals surface area contributed by atoms with Crippen molar-refractivity contribution in [3.63, 3.8) is 0 Å². The first-order chi connectivity index (χ1) is 23.7. The van der Waals surface area contributed by atoms with Crippen LogP contribution in [0, 0.1) is 0 Å². The second-order valence-electron chi connectivity index (χ2n) is 12.5. The van der Waals surface area contributed by atoms with E-state index in [-0.39, 0.29) is 18.9 Å². The van der Waals surface area contributed by atoms with Crippen LogP contribution in [0.1, 0.15) is 59.7 Å². The minimum atomic E-state index is -4.45. The third kappa shape index (κ3) is 10.6. The van der Waals surface area contributed by atoms with Gasteiger partial charge in [0.2, 0.25) is 11.8 Å². The lowest BCUT2D eigenvalue weighted by Crippen LogP contribution is -2.56. The Morgan fingerprint density at radius 1 is 0.898 bits per heavy atom. The minimum Gasteiger partial charge on any atom is -0.338 e. The molecule has 5 rings (SSSR count). The van der Waals surface area contributed by atoms with E-state index in [2.05, 4.69) is 41.1 Å². The van der Waals surface area contributed by atoms with Crippen LogP contribution in [-0.4, -0.2) is 63.7 Å². The number of hydrogen-bond acceptors (Lipinski definition) is 5. The van der Waals surface area contributed by atoms with Crippen LogP contribution in [0.25, 0.3) is 6.08 Å². The van der Waals surface area contributed by atoms with Gasteiger partial charge < -0.3 is 9.80 Å². The summed E-state index contributed by atoms with van der Waals surface area (Å²) in [5.41, 5.74) is 5.47. The fourth-order valence-electron chi connectivity index (χ4n) is 6.02. The Bertz CT molecular complexity index is 1630. The highest BCUT2D eigenvalue weighted by atomic mass is 32.1. The molecule has 258 valence electrons. The summed E-state index contributed by atoms with van der Waals surface area (Å²) in [6, 6.07) is 22.3. The highest BCUT2D eigenvalue weighted by Gasteiger charge is 2.35. The molecule has 2 heterocycles. The summed E-state index contributed by atoms with van der Waals surface area (Å²) in [4.78, 5) is 38.7. The monoisotopic (exact) mass is 688 g/mol. The quantitative estimate of drug-likeness (QED) is 0.0999. The second-order valence-corrected chi connectivity index (χ2v) is 13.2. The summed E-state index contributed by atoms with van der Waals surface area (Å²) in [7, 11) is 0. The zero-order chi connectivity index (χ0) is 34.6. The highest BCUT2D eigenvalue weighted by molar-refractivity contribution is 7.07. The van der Waals surface area contributed by atoms with Crippen LogP contribution in [0.15, 0.2) is 95.8 Å². The van der Waals surface area contributed by atoms with Gasteiger partial charge in [-0.15, -0.1) is 11.3 Å². The molecule has 0 N–H and O–H groups in total. The zero-order valence-electron chi connectivity index (χ0n) is 27.8. The number of alkyl halides is 3. The Balaban J connectivity index is 1.38. The van der Waals surface area contributed by atoms with E-state index in [0.29, 0.717) is 31.7 Å². The average molecular weight is 689 g/mol. The van der Waals surface area contributed by atoms with Gasteiger partial charge in [0.25, 0.3) is 0 Å². The minimum absolute atomic E-state index is 0.139. The maximum Gasteiger partial charge on any atom is 0.416 e. The number of rotatable bonds is 14. The fraction of sp³-hybridized carbons (Fsp3) is 0.359. The van der Waals surface area contributed by atoms with Crippen LogP contribution < -0.4 is 0 Å². The van der Waals surface area contributed by atoms with Crippen molar-refractivity contribution in [2.24, 2.45) is 0 Å². The molecular weight excluding hydrogens is 646 g/mol. The molecule has 4 aromatic rings. The summed E-state index contributed by atoms with van der Waals surface area (Å²) >= 11 is 1.43. The van der Waals surface area contributed by atoms with E-state index in [4.69, 9.17) is 0 Å². The number of hydrogen-bond donors (Lipinski definition) is 0. The Labute approximate surface area is 290 Å². The van der Waals surface area contributed by atoms with Crippen LogP contribution in [0.2, 0.25) is 0 Å². The molecular formula is C39H43F3N4O2S. The number of unbranched alkanes of at least 4 members (excludes halogenated alkanes) is 2. The Hall–Kier alpha value is -4.28. The van der Waals surface area contributed by atoms with Gasteiger partial charge in [-0.25, -0.2) is 4.98 Å². The molecule has 0 bridgehead atoms. The molecule has 1 aliphatic rings. The molecule has 0 saturated carbocycles. The maximum absolute atomic E-state index is 14.4. The van der Waals surface area contributed by atoms with Gasteiger partial charge in [-0.2, -0.15) is 13.2 Å². The molecule has 0 unspecified atom stereocenters. The number of halogens is 3. The normalized spacial score (nSPS) is 14.7. The number of carbonyl (C=O) groups is 2. The van der Waals surface area contributed by atoms with Gasteiger partial charge in [-0.05, 0) is 53.3 Å². The summed E-state index contributed by atoms with van der Waals surface area (Å²) < 4.78 is 39.4. The van der Waals surface area contributed by atoms with E-state index in [1.807, 2.05) is 40.6 Å². The van der Waals surface area contributed by atoms with Gasteiger partial charge in [-0.3, -0.25) is 14.5 Å². The molecule has 10 heteroatoms. The van der Waals surface area contributed by atoms with E-state index in [1.165, 1.54) is 46.7 Å². The van der Waals surface area contributed by atoms with Gasteiger partial charge in [0.15, 0.2) is 0 Å². The molecule has 49 heavy (non-hydrogen) atoms. The number of carbonyl (C=O) groups excluding carboxylic acids is 2. The molecule has 0 spiro atoms. The first-order valence-electron chi connectivity index (χ1n) is 16.9. The third-order valence-electron chi connectivity index (χ3n) is 8.86. The number of aryl methyl sites for hydroxylation is 1. The molecule has 3 aromatic carbocycles. The second kappa shape index (κ2) is 17.4. The van der Waals surface area contributed by atoms with Crippen molar-refractivity contribution < 1.29 is 22.8 Å². The smallest absolute Gasteiger partial charge is 0.338 e. The average Bonchev–Trinajstić information content (AvgIpc) is 3.63. The van der Waals surface area contributed by atoms with E-state index >= 15 is 0 Å². The molecule has 1 atom stereocenters. The number of benzene rings is 3. The molecule has 6 nitrogen and oxygen atoms in total. The van der Waals surface area contributed by atoms with Crippen molar-refractivity contribution >= 4 is 29.2 Å². The van der Waals surface area contributed by atoms with Crippen LogP contribution in [0.4, 0.5) is 13.2 Å². The third-order valence-corrected chi connectivity index (χ3v) is 9.50. The van der Waals surface area contributed by atoms with E-state index in [0.717, 1.165) is 55.6 Å². The molecule has 1 aliphatic heterocycles. The van der Waals surface area contributed by atoms with Crippen molar-refractivity contribution in [2.75, 3.05) is 26.2 Å². The van der Waals surface area contributed by atoms with Crippen LogP contribution in [0.3, 0.4) is 0 Å². The molecule has 0 aliphatic carbocycles. The van der Waals surface area contributed by atoms with Gasteiger partial charge >= 0.3 is 6.18 Å². The van der Waals surface area contributed by atoms with E-state index in [9.17, 15) is 22.8 Å². The van der Waals surface area contributed by atoms with Crippen molar-refractivity contribution in [3.05, 3.63) is 129 Å². The Kier molecular flexibility index (Phi) is 12.8. The number of aromatic nitrogens is 1. The first kappa shape index (κ1) is 36.0. The first-order valence-corrected chi connectivity index (χ1v) is 17.8. The SMILES string of the molecule is CCCCCc1ccc(CN(C(=O)C=Cc2ccc(C(F)(F)F)cc2)[C@@H](Cc2cscn2)C(=O)N2CCN(Cc3ccccc3)CC2)cc1.